The van der Waals surface area contributed by atoms with Crippen LogP contribution in [0.15, 0.2) is 72.9 Å². The Balaban J connectivity index is 1.61. The summed E-state index contributed by atoms with van der Waals surface area (Å²) in [4.78, 5) is 24.1. The first-order valence-electron chi connectivity index (χ1n) is 8.04. The zero-order valence-electron chi connectivity index (χ0n) is 14.2. The maximum atomic E-state index is 12.1. The molecule has 0 saturated carbocycles. The van der Waals surface area contributed by atoms with Crippen LogP contribution in [0.1, 0.15) is 10.5 Å². The molecular weight excluding hydrogens is 332 g/mol. The first-order valence-corrected chi connectivity index (χ1v) is 8.04. The number of nitrogens with zero attached hydrogens (tertiary/aromatic N) is 1. The number of benzene rings is 2. The molecule has 0 aliphatic heterocycles. The molecule has 132 valence electrons. The van der Waals surface area contributed by atoms with Crippen LogP contribution in [0.4, 0.5) is 5.69 Å². The van der Waals surface area contributed by atoms with Gasteiger partial charge < -0.3 is 19.4 Å². The summed E-state index contributed by atoms with van der Waals surface area (Å²) < 4.78 is 12.5. The largest absolute Gasteiger partial charge is 0.455 e. The highest BCUT2D eigenvalue weighted by Gasteiger charge is 2.14. The van der Waals surface area contributed by atoms with Crippen molar-refractivity contribution in [1.29, 1.82) is 0 Å². The van der Waals surface area contributed by atoms with E-state index in [-0.39, 0.29) is 6.61 Å². The lowest BCUT2D eigenvalue weighted by Crippen LogP contribution is -2.22. The van der Waals surface area contributed by atoms with E-state index in [9.17, 15) is 9.59 Å². The molecule has 2 aromatic carbocycles. The topological polar surface area (TPSA) is 69.6 Å². The first-order chi connectivity index (χ1) is 12.6. The lowest BCUT2D eigenvalue weighted by molar-refractivity contribution is -0.119. The predicted octanol–water partition coefficient (Wildman–Crippen LogP) is 3.61. The Morgan fingerprint density at radius 1 is 0.962 bits per heavy atom. The van der Waals surface area contributed by atoms with E-state index in [4.69, 9.17) is 9.47 Å². The third-order valence-electron chi connectivity index (χ3n) is 3.62. The molecule has 3 aromatic rings. The van der Waals surface area contributed by atoms with Crippen molar-refractivity contribution in [3.05, 3.63) is 78.6 Å². The summed E-state index contributed by atoms with van der Waals surface area (Å²) in [5.74, 6) is 0.156. The number of para-hydroxylation sites is 3. The number of hydrogen-bond acceptors (Lipinski definition) is 4. The molecule has 26 heavy (non-hydrogen) atoms. The van der Waals surface area contributed by atoms with E-state index in [1.165, 1.54) is 0 Å². The molecule has 1 heterocycles. The van der Waals surface area contributed by atoms with Gasteiger partial charge in [-0.25, -0.2) is 4.79 Å². The van der Waals surface area contributed by atoms with Gasteiger partial charge in [0.2, 0.25) is 0 Å². The van der Waals surface area contributed by atoms with Gasteiger partial charge in [-0.15, -0.1) is 0 Å². The van der Waals surface area contributed by atoms with E-state index in [1.54, 1.807) is 48.1 Å². The number of carbonyl (C=O) groups excluding carboxylic acids is 2. The third-order valence-corrected chi connectivity index (χ3v) is 3.62. The molecule has 3 rings (SSSR count). The Bertz CT molecular complexity index is 903. The fraction of sp³-hybridized carbons (Fsp3) is 0.100. The van der Waals surface area contributed by atoms with Crippen LogP contribution in [0.3, 0.4) is 0 Å². The smallest absolute Gasteiger partial charge is 0.355 e. The quantitative estimate of drug-likeness (QED) is 0.690. The van der Waals surface area contributed by atoms with Crippen molar-refractivity contribution in [2.24, 2.45) is 7.05 Å². The monoisotopic (exact) mass is 350 g/mol. The molecule has 0 aliphatic rings. The van der Waals surface area contributed by atoms with Gasteiger partial charge in [-0.2, -0.15) is 0 Å². The fourth-order valence-corrected chi connectivity index (χ4v) is 2.34. The summed E-state index contributed by atoms with van der Waals surface area (Å²) in [6.07, 6.45) is 1.73. The van der Waals surface area contributed by atoms with Crippen molar-refractivity contribution in [3.8, 4) is 11.5 Å². The first kappa shape index (κ1) is 17.3. The Hall–Kier alpha value is -3.54. The second kappa shape index (κ2) is 8.02. The lowest BCUT2D eigenvalue weighted by Gasteiger charge is -2.12. The predicted molar refractivity (Wildman–Crippen MR) is 97.3 cm³/mol. The van der Waals surface area contributed by atoms with Crippen LogP contribution in [-0.2, 0) is 16.6 Å². The summed E-state index contributed by atoms with van der Waals surface area (Å²) >= 11 is 0. The van der Waals surface area contributed by atoms with E-state index in [2.05, 4.69) is 5.32 Å². The molecule has 0 bridgehead atoms. The van der Waals surface area contributed by atoms with Gasteiger partial charge in [0.1, 0.15) is 11.4 Å². The number of anilines is 1. The number of carbonyl (C=O) groups is 2. The van der Waals surface area contributed by atoms with Crippen LogP contribution in [0, 0.1) is 0 Å². The number of nitrogens with one attached hydrogen (secondary N) is 1. The van der Waals surface area contributed by atoms with Crippen LogP contribution in [0.5, 0.6) is 11.5 Å². The highest BCUT2D eigenvalue weighted by Crippen LogP contribution is 2.28. The highest BCUT2D eigenvalue weighted by atomic mass is 16.5. The standard InChI is InChI=1S/C20H18N2O4/c1-22-13-7-11-17(22)20(24)25-14-19(23)21-16-10-5-6-12-18(16)26-15-8-3-2-4-9-15/h2-13H,14H2,1H3,(H,21,23). The molecule has 0 saturated heterocycles. The van der Waals surface area contributed by atoms with Crippen LogP contribution in [0.25, 0.3) is 0 Å². The fourth-order valence-electron chi connectivity index (χ4n) is 2.34. The maximum Gasteiger partial charge on any atom is 0.355 e. The number of ether oxygens (including phenoxy) is 2. The molecule has 0 fully saturated rings. The van der Waals surface area contributed by atoms with E-state index in [0.717, 1.165) is 0 Å². The van der Waals surface area contributed by atoms with Gasteiger partial charge in [0.25, 0.3) is 5.91 Å². The normalized spacial score (nSPS) is 10.2. The SMILES string of the molecule is Cn1cccc1C(=O)OCC(=O)Nc1ccccc1Oc1ccccc1. The number of aromatic nitrogens is 1. The van der Waals surface area contributed by atoms with E-state index in [0.29, 0.717) is 22.9 Å². The molecule has 1 amide bonds. The van der Waals surface area contributed by atoms with Crippen LogP contribution in [0.2, 0.25) is 0 Å². The van der Waals surface area contributed by atoms with Crippen LogP contribution >= 0.6 is 0 Å². The average Bonchev–Trinajstić information content (AvgIpc) is 3.08. The number of esters is 1. The second-order valence-corrected chi connectivity index (χ2v) is 5.54. The molecule has 0 spiro atoms. The zero-order valence-corrected chi connectivity index (χ0v) is 14.2. The van der Waals surface area contributed by atoms with Gasteiger partial charge in [0, 0.05) is 13.2 Å². The van der Waals surface area contributed by atoms with Gasteiger partial charge in [-0.05, 0) is 36.4 Å². The van der Waals surface area contributed by atoms with Crippen molar-refractivity contribution >= 4 is 17.6 Å². The molecule has 1 N–H and O–H groups in total. The molecule has 0 aliphatic carbocycles. The third kappa shape index (κ3) is 4.30. The van der Waals surface area contributed by atoms with Crippen molar-refractivity contribution in [3.63, 3.8) is 0 Å². The number of rotatable bonds is 6. The summed E-state index contributed by atoms with van der Waals surface area (Å²) in [6.45, 7) is -0.385. The summed E-state index contributed by atoms with van der Waals surface area (Å²) in [7, 11) is 1.73. The minimum atomic E-state index is -0.554. The minimum absolute atomic E-state index is 0.380. The summed E-state index contributed by atoms with van der Waals surface area (Å²) in [5.41, 5.74) is 0.877. The van der Waals surface area contributed by atoms with Crippen molar-refractivity contribution in [2.45, 2.75) is 0 Å². The zero-order chi connectivity index (χ0) is 18.4. The molecule has 6 nitrogen and oxygen atoms in total. The van der Waals surface area contributed by atoms with Crippen molar-refractivity contribution < 1.29 is 19.1 Å². The van der Waals surface area contributed by atoms with Gasteiger partial charge in [-0.1, -0.05) is 30.3 Å². The summed E-state index contributed by atoms with van der Waals surface area (Å²) in [5, 5.41) is 2.70. The number of aryl methyl sites for hydroxylation is 1. The Kier molecular flexibility index (Phi) is 5.34. The highest BCUT2D eigenvalue weighted by molar-refractivity contribution is 5.95. The summed E-state index contributed by atoms with van der Waals surface area (Å²) in [6, 6.07) is 19.7. The molecule has 0 radical (unpaired) electrons. The molecule has 6 heteroatoms. The average molecular weight is 350 g/mol. The molecule has 1 aromatic heterocycles. The lowest BCUT2D eigenvalue weighted by atomic mass is 10.3. The van der Waals surface area contributed by atoms with Crippen LogP contribution in [-0.4, -0.2) is 23.1 Å². The van der Waals surface area contributed by atoms with Crippen molar-refractivity contribution in [1.82, 2.24) is 4.57 Å². The van der Waals surface area contributed by atoms with Crippen LogP contribution < -0.4 is 10.1 Å². The van der Waals surface area contributed by atoms with Gasteiger partial charge >= 0.3 is 5.97 Å². The van der Waals surface area contributed by atoms with E-state index >= 15 is 0 Å². The molecule has 0 atom stereocenters. The number of amides is 1. The van der Waals surface area contributed by atoms with Gasteiger partial charge in [0.05, 0.1) is 5.69 Å². The van der Waals surface area contributed by atoms with E-state index < -0.39 is 11.9 Å². The second-order valence-electron chi connectivity index (χ2n) is 5.54. The Morgan fingerprint density at radius 2 is 1.69 bits per heavy atom. The van der Waals surface area contributed by atoms with Gasteiger partial charge in [0.15, 0.2) is 12.4 Å². The molecular formula is C20H18N2O4. The van der Waals surface area contributed by atoms with E-state index in [1.807, 2.05) is 36.4 Å². The Morgan fingerprint density at radius 3 is 2.42 bits per heavy atom. The Labute approximate surface area is 151 Å². The molecule has 0 unspecified atom stereocenters. The van der Waals surface area contributed by atoms with Gasteiger partial charge in [-0.3, -0.25) is 4.79 Å². The number of hydrogen-bond donors (Lipinski definition) is 1. The minimum Gasteiger partial charge on any atom is -0.455 e. The maximum absolute atomic E-state index is 12.1. The van der Waals surface area contributed by atoms with Crippen molar-refractivity contribution in [2.75, 3.05) is 11.9 Å².